The molecule has 1 N–H and O–H groups in total. The molecule has 0 aliphatic rings. The van der Waals surface area contributed by atoms with Crippen molar-refractivity contribution in [1.82, 2.24) is 5.32 Å². The Morgan fingerprint density at radius 1 is 1.47 bits per heavy atom. The zero-order valence-electron chi connectivity index (χ0n) is 11.3. The van der Waals surface area contributed by atoms with Crippen LogP contribution < -0.4 is 5.32 Å². The third kappa shape index (κ3) is 5.49. The number of nitriles is 1. The van der Waals surface area contributed by atoms with Crippen LogP contribution in [0.3, 0.4) is 0 Å². The number of ether oxygens (including phenoxy) is 1. The molecule has 19 heavy (non-hydrogen) atoms. The van der Waals surface area contributed by atoms with Crippen LogP contribution in [0, 0.1) is 17.1 Å². The highest BCUT2D eigenvalue weighted by molar-refractivity contribution is 5.77. The fraction of sp³-hybridized carbons (Fsp3) is 0.429. The topological polar surface area (TPSA) is 62.1 Å². The summed E-state index contributed by atoms with van der Waals surface area (Å²) < 4.78 is 18.8. The fourth-order valence-electron chi connectivity index (χ4n) is 1.29. The Morgan fingerprint density at radius 2 is 2.16 bits per heavy atom. The minimum atomic E-state index is -0.504. The summed E-state index contributed by atoms with van der Waals surface area (Å²) in [6.07, 6.45) is 0. The van der Waals surface area contributed by atoms with E-state index in [4.69, 9.17) is 10.00 Å². The minimum Gasteiger partial charge on any atom is -0.366 e. The maximum Gasteiger partial charge on any atom is 0.246 e. The average molecular weight is 264 g/mol. The molecule has 4 nitrogen and oxygen atoms in total. The van der Waals surface area contributed by atoms with Gasteiger partial charge in [0.1, 0.15) is 12.4 Å². The number of rotatable bonds is 4. The summed E-state index contributed by atoms with van der Waals surface area (Å²) in [5.74, 6) is -0.810. The van der Waals surface area contributed by atoms with E-state index in [-0.39, 0.29) is 24.6 Å². The highest BCUT2D eigenvalue weighted by atomic mass is 19.1. The standard InChI is InChI=1S/C14H17FN2O2/c1-14(2,3)19-9-13(18)17-8-11-5-4-10(7-16)6-12(11)15/h4-6H,8-9H2,1-3H3,(H,17,18). The summed E-state index contributed by atoms with van der Waals surface area (Å²) in [5.41, 5.74) is 0.198. The molecule has 0 saturated carbocycles. The molecule has 0 fully saturated rings. The van der Waals surface area contributed by atoms with Crippen molar-refractivity contribution in [3.8, 4) is 6.07 Å². The SMILES string of the molecule is CC(C)(C)OCC(=O)NCc1ccc(C#N)cc1F. The van der Waals surface area contributed by atoms with Crippen LogP contribution in [-0.2, 0) is 16.1 Å². The molecule has 102 valence electrons. The molecule has 1 aromatic rings. The minimum absolute atomic E-state index is 0.0681. The Kier molecular flexibility index (Phi) is 5.02. The largest absolute Gasteiger partial charge is 0.366 e. The van der Waals surface area contributed by atoms with Crippen LogP contribution in [0.4, 0.5) is 4.39 Å². The molecule has 0 aromatic heterocycles. The Morgan fingerprint density at radius 3 is 2.68 bits per heavy atom. The van der Waals surface area contributed by atoms with Crippen molar-refractivity contribution in [2.75, 3.05) is 6.61 Å². The van der Waals surface area contributed by atoms with Gasteiger partial charge in [-0.2, -0.15) is 5.26 Å². The fourth-order valence-corrected chi connectivity index (χ4v) is 1.29. The molecule has 0 bridgehead atoms. The van der Waals surface area contributed by atoms with E-state index in [0.29, 0.717) is 5.56 Å². The van der Waals surface area contributed by atoms with E-state index in [1.807, 2.05) is 26.8 Å². The van der Waals surface area contributed by atoms with Crippen molar-refractivity contribution >= 4 is 5.91 Å². The van der Waals surface area contributed by atoms with Gasteiger partial charge in [0, 0.05) is 12.1 Å². The summed E-state index contributed by atoms with van der Waals surface area (Å²) in [4.78, 5) is 11.5. The summed E-state index contributed by atoms with van der Waals surface area (Å²) in [6.45, 7) is 5.55. The number of carbonyl (C=O) groups is 1. The second kappa shape index (κ2) is 6.30. The normalized spacial score (nSPS) is 10.9. The van der Waals surface area contributed by atoms with Crippen molar-refractivity contribution < 1.29 is 13.9 Å². The molecule has 0 unspecified atom stereocenters. The first-order valence-electron chi connectivity index (χ1n) is 5.91. The molecular formula is C14H17FN2O2. The molecule has 0 atom stereocenters. The first-order chi connectivity index (χ1) is 8.81. The predicted molar refractivity (Wildman–Crippen MR) is 68.7 cm³/mol. The van der Waals surface area contributed by atoms with Gasteiger partial charge in [-0.1, -0.05) is 6.07 Å². The number of hydrogen-bond acceptors (Lipinski definition) is 3. The van der Waals surface area contributed by atoms with Gasteiger partial charge in [-0.25, -0.2) is 4.39 Å². The van der Waals surface area contributed by atoms with Gasteiger partial charge >= 0.3 is 0 Å². The highest BCUT2D eigenvalue weighted by Gasteiger charge is 2.13. The third-order valence-electron chi connectivity index (χ3n) is 2.29. The number of benzene rings is 1. The molecule has 0 aliphatic carbocycles. The zero-order valence-corrected chi connectivity index (χ0v) is 11.3. The van der Waals surface area contributed by atoms with Gasteiger partial charge < -0.3 is 10.1 Å². The predicted octanol–water partition coefficient (Wildman–Crippen LogP) is 2.13. The van der Waals surface area contributed by atoms with Gasteiger partial charge in [0.15, 0.2) is 0 Å². The zero-order chi connectivity index (χ0) is 14.5. The molecule has 1 amide bonds. The Hall–Kier alpha value is -1.93. The Bertz CT molecular complexity index is 501. The molecule has 0 radical (unpaired) electrons. The van der Waals surface area contributed by atoms with Gasteiger partial charge in [-0.3, -0.25) is 4.79 Å². The number of nitrogens with zero attached hydrogens (tertiary/aromatic N) is 1. The summed E-state index contributed by atoms with van der Waals surface area (Å²) in [5, 5.41) is 11.2. The first kappa shape index (κ1) is 15.1. The van der Waals surface area contributed by atoms with Crippen LogP contribution >= 0.6 is 0 Å². The second-order valence-electron chi connectivity index (χ2n) is 5.10. The van der Waals surface area contributed by atoms with Crippen molar-refractivity contribution in [1.29, 1.82) is 5.26 Å². The summed E-state index contributed by atoms with van der Waals surface area (Å²) in [6, 6.07) is 5.99. The molecule has 0 heterocycles. The number of carbonyl (C=O) groups excluding carboxylic acids is 1. The average Bonchev–Trinajstić information content (AvgIpc) is 2.34. The van der Waals surface area contributed by atoms with E-state index in [1.165, 1.54) is 12.1 Å². The number of nitrogens with one attached hydrogen (secondary N) is 1. The van der Waals surface area contributed by atoms with E-state index in [9.17, 15) is 9.18 Å². The molecule has 0 aliphatic heterocycles. The molecule has 0 saturated heterocycles. The molecule has 1 rings (SSSR count). The van der Waals surface area contributed by atoms with E-state index < -0.39 is 11.4 Å². The molecule has 1 aromatic carbocycles. The van der Waals surface area contributed by atoms with Crippen LogP contribution in [-0.4, -0.2) is 18.1 Å². The Balaban J connectivity index is 2.49. The molecule has 0 spiro atoms. The van der Waals surface area contributed by atoms with Crippen LogP contribution in [0.15, 0.2) is 18.2 Å². The Labute approximate surface area is 112 Å². The summed E-state index contributed by atoms with van der Waals surface area (Å²) in [7, 11) is 0. The van der Waals surface area contributed by atoms with Crippen molar-refractivity contribution in [2.24, 2.45) is 0 Å². The first-order valence-corrected chi connectivity index (χ1v) is 5.91. The monoisotopic (exact) mass is 264 g/mol. The van der Waals surface area contributed by atoms with Gasteiger partial charge in [0.2, 0.25) is 5.91 Å². The second-order valence-corrected chi connectivity index (χ2v) is 5.10. The van der Waals surface area contributed by atoms with Gasteiger partial charge in [-0.15, -0.1) is 0 Å². The lowest BCUT2D eigenvalue weighted by molar-refractivity contribution is -0.130. The van der Waals surface area contributed by atoms with Gasteiger partial charge in [0.05, 0.1) is 17.2 Å². The van der Waals surface area contributed by atoms with Gasteiger partial charge in [0.25, 0.3) is 0 Å². The van der Waals surface area contributed by atoms with Crippen LogP contribution in [0.1, 0.15) is 31.9 Å². The number of amides is 1. The lowest BCUT2D eigenvalue weighted by Crippen LogP contribution is -2.31. The lowest BCUT2D eigenvalue weighted by atomic mass is 10.1. The van der Waals surface area contributed by atoms with Crippen LogP contribution in [0.5, 0.6) is 0 Å². The van der Waals surface area contributed by atoms with E-state index in [2.05, 4.69) is 5.32 Å². The van der Waals surface area contributed by atoms with Gasteiger partial charge in [-0.05, 0) is 32.9 Å². The van der Waals surface area contributed by atoms with E-state index in [1.54, 1.807) is 0 Å². The highest BCUT2D eigenvalue weighted by Crippen LogP contribution is 2.10. The number of hydrogen-bond donors (Lipinski definition) is 1. The third-order valence-corrected chi connectivity index (χ3v) is 2.29. The van der Waals surface area contributed by atoms with E-state index >= 15 is 0 Å². The lowest BCUT2D eigenvalue weighted by Gasteiger charge is -2.19. The smallest absolute Gasteiger partial charge is 0.246 e. The molecule has 5 heteroatoms. The quantitative estimate of drug-likeness (QED) is 0.906. The maximum atomic E-state index is 13.5. The van der Waals surface area contributed by atoms with E-state index in [0.717, 1.165) is 6.07 Å². The van der Waals surface area contributed by atoms with Crippen molar-refractivity contribution in [3.05, 3.63) is 35.1 Å². The number of halogens is 1. The van der Waals surface area contributed by atoms with Crippen molar-refractivity contribution in [3.63, 3.8) is 0 Å². The summed E-state index contributed by atoms with van der Waals surface area (Å²) >= 11 is 0. The van der Waals surface area contributed by atoms with Crippen molar-refractivity contribution in [2.45, 2.75) is 32.9 Å². The molecular weight excluding hydrogens is 247 g/mol. The van der Waals surface area contributed by atoms with Crippen LogP contribution in [0.25, 0.3) is 0 Å². The maximum absolute atomic E-state index is 13.5. The van der Waals surface area contributed by atoms with Crippen LogP contribution in [0.2, 0.25) is 0 Å².